The van der Waals surface area contributed by atoms with E-state index in [9.17, 15) is 19.2 Å². The van der Waals surface area contributed by atoms with Crippen LogP contribution in [-0.4, -0.2) is 81.0 Å². The monoisotopic (exact) mass is 884 g/mol. The Morgan fingerprint density at radius 1 is 0.652 bits per heavy atom. The average molecular weight is 885 g/mol. The molecule has 334 valence electrons. The third-order valence-corrected chi connectivity index (χ3v) is 12.9. The molecule has 66 heavy (non-hydrogen) atoms. The predicted molar refractivity (Wildman–Crippen MR) is 246 cm³/mol. The Labute approximate surface area is 380 Å². The SMILES string of the molecule is COC(=O)NC(C(=O)N1CCC[C@H]1c1ncc(-c2ccc3c(c2)OCc2c-3ccc3cc(-c4cnc([C@@H]5CCCN5C(=O)C(NC(=O)OC)c5ccccc5)[nH]4)ccc23)[nH]1)c1ccccc1. The van der Waals surface area contributed by atoms with Gasteiger partial charge in [-0.3, -0.25) is 9.59 Å². The Morgan fingerprint density at radius 3 is 1.71 bits per heavy atom. The highest BCUT2D eigenvalue weighted by Crippen LogP contribution is 2.43. The molecule has 10 rings (SSSR count). The van der Waals surface area contributed by atoms with Crippen LogP contribution in [0.3, 0.4) is 0 Å². The van der Waals surface area contributed by atoms with Crippen molar-refractivity contribution >= 4 is 34.8 Å². The van der Waals surface area contributed by atoms with E-state index in [2.05, 4.69) is 63.1 Å². The summed E-state index contributed by atoms with van der Waals surface area (Å²) in [6.07, 6.45) is 5.34. The van der Waals surface area contributed by atoms with Crippen molar-refractivity contribution in [1.29, 1.82) is 0 Å². The van der Waals surface area contributed by atoms with Crippen LogP contribution < -0.4 is 15.4 Å². The maximum Gasteiger partial charge on any atom is 0.407 e. The van der Waals surface area contributed by atoms with E-state index in [1.807, 2.05) is 72.9 Å². The van der Waals surface area contributed by atoms with Gasteiger partial charge in [0.05, 0.1) is 50.1 Å². The standard InChI is InChI=1S/C51H48N8O7/c1-64-50(62)56-44(30-11-5-3-6-12-30)48(60)58-23-9-15-41(58)46-52-27-39(54-46)33-18-20-35-32(25-33)17-21-36-37-22-19-34(26-43(37)66-29-38(35)36)40-28-53-47(55-40)42-16-10-24-59(42)49(61)45(57-51(63)65-2)31-13-7-4-8-14-31/h3-8,11-14,17-22,25-28,41-42,44-45H,9-10,15-16,23-24,29H2,1-2H3,(H,52,54)(H,53,55)(H,56,62)(H,57,63)/t41-,42-,44?,45?/m0/s1. The van der Waals surface area contributed by atoms with Gasteiger partial charge >= 0.3 is 12.2 Å². The molecule has 0 aliphatic carbocycles. The Kier molecular flexibility index (Phi) is 11.4. The van der Waals surface area contributed by atoms with Crippen LogP contribution in [-0.2, 0) is 25.7 Å². The van der Waals surface area contributed by atoms with Crippen molar-refractivity contribution < 1.29 is 33.4 Å². The van der Waals surface area contributed by atoms with E-state index >= 15 is 0 Å². The van der Waals surface area contributed by atoms with Crippen LogP contribution in [0, 0.1) is 0 Å². The summed E-state index contributed by atoms with van der Waals surface area (Å²) in [5.41, 5.74) is 8.06. The van der Waals surface area contributed by atoms with Crippen molar-refractivity contribution in [2.45, 2.75) is 56.5 Å². The number of H-pyrrole nitrogens is 2. The van der Waals surface area contributed by atoms with Gasteiger partial charge in [0, 0.05) is 35.3 Å². The van der Waals surface area contributed by atoms with E-state index in [1.165, 1.54) is 14.2 Å². The minimum absolute atomic E-state index is 0.218. The first-order valence-electron chi connectivity index (χ1n) is 22.1. The molecule has 3 aliphatic heterocycles. The molecule has 2 fully saturated rings. The van der Waals surface area contributed by atoms with Gasteiger partial charge in [-0.15, -0.1) is 0 Å². The smallest absolute Gasteiger partial charge is 0.407 e. The molecule has 4 amide bonds. The van der Waals surface area contributed by atoms with Crippen molar-refractivity contribution in [3.05, 3.63) is 150 Å². The lowest BCUT2D eigenvalue weighted by molar-refractivity contribution is -0.135. The zero-order valence-electron chi connectivity index (χ0n) is 36.5. The van der Waals surface area contributed by atoms with E-state index < -0.39 is 24.3 Å². The number of imidazole rings is 2. The normalized spacial score (nSPS) is 17.3. The molecule has 0 radical (unpaired) electrons. The molecule has 4 atom stereocenters. The summed E-state index contributed by atoms with van der Waals surface area (Å²) in [6, 6.07) is 32.8. The van der Waals surface area contributed by atoms with Gasteiger partial charge in [0.25, 0.3) is 11.8 Å². The summed E-state index contributed by atoms with van der Waals surface area (Å²) < 4.78 is 16.2. The minimum atomic E-state index is -0.897. The maximum absolute atomic E-state index is 14.0. The Hall–Kier alpha value is -7.94. The zero-order chi connectivity index (χ0) is 45.3. The first kappa shape index (κ1) is 42.0. The van der Waals surface area contributed by atoms with Crippen molar-refractivity contribution in [3.63, 3.8) is 0 Å². The average Bonchev–Trinajstić information content (AvgIpc) is 4.22. The number of likely N-dealkylation sites (tertiary alicyclic amines) is 2. The van der Waals surface area contributed by atoms with Gasteiger partial charge in [-0.2, -0.15) is 0 Å². The number of fused-ring (bicyclic) bond motifs is 5. The molecule has 2 saturated heterocycles. The number of aromatic nitrogens is 4. The first-order chi connectivity index (χ1) is 32.3. The van der Waals surface area contributed by atoms with Crippen molar-refractivity contribution in [1.82, 2.24) is 40.4 Å². The summed E-state index contributed by atoms with van der Waals surface area (Å²) in [4.78, 5) is 72.7. The van der Waals surface area contributed by atoms with Crippen molar-refractivity contribution in [3.8, 4) is 39.4 Å². The topological polar surface area (TPSA) is 184 Å². The molecular formula is C51H48N8O7. The predicted octanol–water partition coefficient (Wildman–Crippen LogP) is 8.70. The van der Waals surface area contributed by atoms with Crippen molar-refractivity contribution in [2.75, 3.05) is 27.3 Å². The van der Waals surface area contributed by atoms with Gasteiger partial charge < -0.3 is 44.6 Å². The van der Waals surface area contributed by atoms with Gasteiger partial charge in [-0.25, -0.2) is 19.6 Å². The maximum atomic E-state index is 14.0. The van der Waals surface area contributed by atoms with Gasteiger partial charge in [0.15, 0.2) is 0 Å². The third kappa shape index (κ3) is 7.97. The van der Waals surface area contributed by atoms with E-state index in [0.717, 1.165) is 81.4 Å². The minimum Gasteiger partial charge on any atom is -0.488 e. The van der Waals surface area contributed by atoms with Crippen LogP contribution in [0.25, 0.3) is 44.4 Å². The van der Waals surface area contributed by atoms with Gasteiger partial charge in [0.1, 0.15) is 36.1 Å². The number of nitrogens with one attached hydrogen (secondary N) is 4. The Balaban J connectivity index is 0.852. The second-order valence-electron chi connectivity index (χ2n) is 16.7. The summed E-state index contributed by atoms with van der Waals surface area (Å²) in [6.45, 7) is 1.48. The van der Waals surface area contributed by atoms with Crippen LogP contribution >= 0.6 is 0 Å². The Morgan fingerprint density at radius 2 is 1.17 bits per heavy atom. The number of hydrogen-bond donors (Lipinski definition) is 4. The van der Waals surface area contributed by atoms with Gasteiger partial charge in [-0.1, -0.05) is 91.0 Å². The molecule has 5 heterocycles. The number of aromatic amines is 2. The number of rotatable bonds is 10. The molecule has 15 nitrogen and oxygen atoms in total. The van der Waals surface area contributed by atoms with E-state index in [4.69, 9.17) is 24.2 Å². The molecule has 0 spiro atoms. The molecule has 3 aliphatic rings. The van der Waals surface area contributed by atoms with Crippen LogP contribution in [0.4, 0.5) is 9.59 Å². The number of ether oxygens (including phenoxy) is 3. The molecule has 2 aromatic heterocycles. The summed E-state index contributed by atoms with van der Waals surface area (Å²) in [7, 11) is 2.56. The second kappa shape index (κ2) is 17.9. The van der Waals surface area contributed by atoms with Crippen LogP contribution in [0.2, 0.25) is 0 Å². The number of nitrogens with zero attached hydrogens (tertiary/aromatic N) is 4. The first-order valence-corrected chi connectivity index (χ1v) is 22.1. The van der Waals surface area contributed by atoms with Crippen molar-refractivity contribution in [2.24, 2.45) is 0 Å². The number of benzene rings is 5. The van der Waals surface area contributed by atoms with E-state index in [-0.39, 0.29) is 23.9 Å². The molecule has 0 bridgehead atoms. The molecule has 0 saturated carbocycles. The molecular weight excluding hydrogens is 837 g/mol. The Bertz CT molecular complexity index is 2950. The molecule has 2 unspecified atom stereocenters. The van der Waals surface area contributed by atoms with Crippen LogP contribution in [0.5, 0.6) is 5.75 Å². The fourth-order valence-corrected chi connectivity index (χ4v) is 9.64. The van der Waals surface area contributed by atoms with Crippen LogP contribution in [0.15, 0.2) is 122 Å². The molecule has 15 heteroatoms. The number of carbonyl (C=O) groups excluding carboxylic acids is 4. The molecule has 5 aromatic carbocycles. The highest BCUT2D eigenvalue weighted by molar-refractivity contribution is 5.96. The number of hydrogen-bond acceptors (Lipinski definition) is 9. The summed E-state index contributed by atoms with van der Waals surface area (Å²) >= 11 is 0. The lowest BCUT2D eigenvalue weighted by atomic mass is 9.91. The van der Waals surface area contributed by atoms with Gasteiger partial charge in [0.2, 0.25) is 0 Å². The number of alkyl carbamates (subject to hydrolysis) is 2. The number of methoxy groups -OCH3 is 2. The molecule has 7 aromatic rings. The number of amides is 4. The van der Waals surface area contributed by atoms with E-state index in [1.54, 1.807) is 16.0 Å². The summed E-state index contributed by atoms with van der Waals surface area (Å²) in [5, 5.41) is 7.60. The van der Waals surface area contributed by atoms with E-state index in [0.29, 0.717) is 42.5 Å². The second-order valence-corrected chi connectivity index (χ2v) is 16.7. The lowest BCUT2D eigenvalue weighted by Crippen LogP contribution is -2.42. The largest absolute Gasteiger partial charge is 0.488 e. The quantitative estimate of drug-likeness (QED) is 0.104. The molecule has 4 N–H and O–H groups in total. The number of carbonyl (C=O) groups is 4. The third-order valence-electron chi connectivity index (χ3n) is 12.9. The fraction of sp³-hybridized carbons (Fsp3) is 0.255. The highest BCUT2D eigenvalue weighted by Gasteiger charge is 2.39. The zero-order valence-corrected chi connectivity index (χ0v) is 36.5. The fourth-order valence-electron chi connectivity index (χ4n) is 9.64. The van der Waals surface area contributed by atoms with Crippen LogP contribution in [0.1, 0.15) is 78.2 Å². The highest BCUT2D eigenvalue weighted by atomic mass is 16.5. The van der Waals surface area contributed by atoms with Gasteiger partial charge in [-0.05, 0) is 71.3 Å². The lowest BCUT2D eigenvalue weighted by Gasteiger charge is -2.28. The summed E-state index contributed by atoms with van der Waals surface area (Å²) in [5.74, 6) is 1.70.